The summed E-state index contributed by atoms with van der Waals surface area (Å²) in [4.78, 5) is 12.1. The van der Waals surface area contributed by atoms with Crippen LogP contribution in [0.1, 0.15) is 52.9 Å². The van der Waals surface area contributed by atoms with Crippen molar-refractivity contribution in [2.45, 2.75) is 58.9 Å². The van der Waals surface area contributed by atoms with Crippen molar-refractivity contribution in [3.8, 4) is 0 Å². The highest BCUT2D eigenvalue weighted by atomic mass is 35.5. The van der Waals surface area contributed by atoms with E-state index in [1.165, 1.54) is 12.8 Å². The van der Waals surface area contributed by atoms with E-state index in [4.69, 9.17) is 11.6 Å². The molecule has 16 heavy (non-hydrogen) atoms. The van der Waals surface area contributed by atoms with E-state index >= 15 is 0 Å². The quantitative estimate of drug-likeness (QED) is 0.757. The first-order valence-electron chi connectivity index (χ1n) is 6.33. The standard InChI is InChI=1S/C13H24ClNO/c1-10(7-9-14)15-12(16)11-6-4-5-8-13(11,2)3/h10-11H,4-9H2,1-3H3,(H,15,16). The Labute approximate surface area is 104 Å². The van der Waals surface area contributed by atoms with Crippen LogP contribution < -0.4 is 5.32 Å². The van der Waals surface area contributed by atoms with E-state index in [0.717, 1.165) is 19.3 Å². The van der Waals surface area contributed by atoms with Crippen molar-refractivity contribution >= 4 is 17.5 Å². The Hall–Kier alpha value is -0.240. The zero-order valence-corrected chi connectivity index (χ0v) is 11.4. The smallest absolute Gasteiger partial charge is 0.223 e. The number of rotatable bonds is 4. The third-order valence-corrected chi connectivity index (χ3v) is 3.97. The van der Waals surface area contributed by atoms with E-state index < -0.39 is 0 Å². The summed E-state index contributed by atoms with van der Waals surface area (Å²) in [5.41, 5.74) is 0.156. The van der Waals surface area contributed by atoms with Crippen molar-refractivity contribution in [3.05, 3.63) is 0 Å². The number of hydrogen-bond acceptors (Lipinski definition) is 1. The van der Waals surface area contributed by atoms with Gasteiger partial charge in [-0.05, 0) is 31.6 Å². The van der Waals surface area contributed by atoms with Gasteiger partial charge in [0, 0.05) is 17.8 Å². The van der Waals surface area contributed by atoms with Gasteiger partial charge in [0.05, 0.1) is 0 Å². The molecule has 2 nitrogen and oxygen atoms in total. The fourth-order valence-corrected chi connectivity index (χ4v) is 2.89. The van der Waals surface area contributed by atoms with Crippen LogP contribution in [-0.2, 0) is 4.79 Å². The predicted octanol–water partition coefficient (Wildman–Crippen LogP) is 3.34. The van der Waals surface area contributed by atoms with E-state index in [2.05, 4.69) is 19.2 Å². The summed E-state index contributed by atoms with van der Waals surface area (Å²) in [5.74, 6) is 1.01. The lowest BCUT2D eigenvalue weighted by Crippen LogP contribution is -2.44. The van der Waals surface area contributed by atoms with Crippen molar-refractivity contribution in [2.24, 2.45) is 11.3 Å². The van der Waals surface area contributed by atoms with Crippen LogP contribution in [0.3, 0.4) is 0 Å². The van der Waals surface area contributed by atoms with Crippen LogP contribution in [0, 0.1) is 11.3 Å². The molecule has 94 valence electrons. The number of alkyl halides is 1. The first kappa shape index (κ1) is 13.8. The highest BCUT2D eigenvalue weighted by Crippen LogP contribution is 2.40. The normalized spacial score (nSPS) is 26.1. The fraction of sp³-hybridized carbons (Fsp3) is 0.923. The largest absolute Gasteiger partial charge is 0.353 e. The molecule has 0 aromatic heterocycles. The van der Waals surface area contributed by atoms with E-state index in [1.807, 2.05) is 6.92 Å². The molecule has 1 aliphatic rings. The number of nitrogens with one attached hydrogen (secondary N) is 1. The van der Waals surface area contributed by atoms with Gasteiger partial charge < -0.3 is 5.32 Å². The van der Waals surface area contributed by atoms with Crippen molar-refractivity contribution in [1.29, 1.82) is 0 Å². The Kier molecular flexibility index (Phi) is 5.10. The lowest BCUT2D eigenvalue weighted by Gasteiger charge is -2.38. The summed E-state index contributed by atoms with van der Waals surface area (Å²) in [7, 11) is 0. The molecule has 0 aromatic carbocycles. The van der Waals surface area contributed by atoms with Gasteiger partial charge in [-0.1, -0.05) is 26.7 Å². The molecule has 1 fully saturated rings. The molecule has 2 atom stereocenters. The molecule has 1 rings (SSSR count). The molecule has 0 radical (unpaired) electrons. The molecule has 1 N–H and O–H groups in total. The molecule has 0 aromatic rings. The van der Waals surface area contributed by atoms with Crippen molar-refractivity contribution in [2.75, 3.05) is 5.88 Å². The minimum atomic E-state index is 0.156. The average molecular weight is 246 g/mol. The van der Waals surface area contributed by atoms with Crippen LogP contribution in [0.4, 0.5) is 0 Å². The van der Waals surface area contributed by atoms with Gasteiger partial charge in [0.1, 0.15) is 0 Å². The van der Waals surface area contributed by atoms with Gasteiger partial charge in [-0.15, -0.1) is 11.6 Å². The first-order chi connectivity index (χ1) is 7.47. The lowest BCUT2D eigenvalue weighted by atomic mass is 9.68. The third-order valence-electron chi connectivity index (χ3n) is 3.75. The van der Waals surface area contributed by atoms with Gasteiger partial charge in [-0.3, -0.25) is 4.79 Å². The van der Waals surface area contributed by atoms with Crippen LogP contribution in [0.2, 0.25) is 0 Å². The summed E-state index contributed by atoms with van der Waals surface area (Å²) in [6, 6.07) is 0.197. The fourth-order valence-electron chi connectivity index (χ4n) is 2.56. The maximum atomic E-state index is 12.1. The molecule has 0 saturated heterocycles. The molecule has 0 bridgehead atoms. The van der Waals surface area contributed by atoms with Crippen LogP contribution in [0.15, 0.2) is 0 Å². The number of carbonyl (C=O) groups excluding carboxylic acids is 1. The van der Waals surface area contributed by atoms with Crippen LogP contribution in [0.25, 0.3) is 0 Å². The van der Waals surface area contributed by atoms with E-state index in [9.17, 15) is 4.79 Å². The van der Waals surface area contributed by atoms with Gasteiger partial charge in [0.15, 0.2) is 0 Å². The Morgan fingerprint density at radius 3 is 2.75 bits per heavy atom. The van der Waals surface area contributed by atoms with Gasteiger partial charge >= 0.3 is 0 Å². The number of halogens is 1. The maximum absolute atomic E-state index is 12.1. The highest BCUT2D eigenvalue weighted by Gasteiger charge is 2.37. The molecule has 3 heteroatoms. The predicted molar refractivity (Wildman–Crippen MR) is 68.7 cm³/mol. The van der Waals surface area contributed by atoms with Gasteiger partial charge in [-0.25, -0.2) is 0 Å². The minimum Gasteiger partial charge on any atom is -0.353 e. The van der Waals surface area contributed by atoms with Crippen molar-refractivity contribution in [3.63, 3.8) is 0 Å². The Balaban J connectivity index is 2.51. The summed E-state index contributed by atoms with van der Waals surface area (Å²) in [6.45, 7) is 6.45. The maximum Gasteiger partial charge on any atom is 0.223 e. The molecule has 0 spiro atoms. The molecular formula is C13H24ClNO. The Bertz CT molecular complexity index is 240. The second kappa shape index (κ2) is 5.90. The summed E-state index contributed by atoms with van der Waals surface area (Å²) in [6.07, 6.45) is 5.49. The van der Waals surface area contributed by atoms with Crippen molar-refractivity contribution in [1.82, 2.24) is 5.32 Å². The highest BCUT2D eigenvalue weighted by molar-refractivity contribution is 6.17. The van der Waals surface area contributed by atoms with Crippen LogP contribution >= 0.6 is 11.6 Å². The molecule has 1 aliphatic carbocycles. The summed E-state index contributed by atoms with van der Waals surface area (Å²) >= 11 is 5.67. The SMILES string of the molecule is CC(CCCl)NC(=O)C1CCCCC1(C)C. The zero-order valence-electron chi connectivity index (χ0n) is 10.7. The second-order valence-electron chi connectivity index (χ2n) is 5.67. The van der Waals surface area contributed by atoms with Gasteiger partial charge in [0.25, 0.3) is 0 Å². The van der Waals surface area contributed by atoms with Gasteiger partial charge in [0.2, 0.25) is 5.91 Å². The Morgan fingerprint density at radius 2 is 2.19 bits per heavy atom. The number of carbonyl (C=O) groups is 1. The number of amides is 1. The van der Waals surface area contributed by atoms with Crippen LogP contribution in [-0.4, -0.2) is 17.8 Å². The minimum absolute atomic E-state index is 0.156. The Morgan fingerprint density at radius 1 is 1.50 bits per heavy atom. The average Bonchev–Trinajstić information content (AvgIpc) is 2.16. The topological polar surface area (TPSA) is 29.1 Å². The first-order valence-corrected chi connectivity index (χ1v) is 6.87. The second-order valence-corrected chi connectivity index (χ2v) is 6.05. The van der Waals surface area contributed by atoms with Crippen LogP contribution in [0.5, 0.6) is 0 Å². The molecule has 2 unspecified atom stereocenters. The number of hydrogen-bond donors (Lipinski definition) is 1. The van der Waals surface area contributed by atoms with E-state index in [0.29, 0.717) is 5.88 Å². The molecule has 1 amide bonds. The summed E-state index contributed by atoms with van der Waals surface area (Å²) < 4.78 is 0. The zero-order chi connectivity index (χ0) is 12.2. The molecule has 0 heterocycles. The van der Waals surface area contributed by atoms with Gasteiger partial charge in [-0.2, -0.15) is 0 Å². The molecule has 1 saturated carbocycles. The van der Waals surface area contributed by atoms with Crippen molar-refractivity contribution < 1.29 is 4.79 Å². The third kappa shape index (κ3) is 3.65. The van der Waals surface area contributed by atoms with E-state index in [1.54, 1.807) is 0 Å². The monoisotopic (exact) mass is 245 g/mol. The van der Waals surface area contributed by atoms with E-state index in [-0.39, 0.29) is 23.3 Å². The summed E-state index contributed by atoms with van der Waals surface area (Å²) in [5, 5.41) is 3.08. The lowest BCUT2D eigenvalue weighted by molar-refractivity contribution is -0.130. The molecule has 0 aliphatic heterocycles. The molecular weight excluding hydrogens is 222 g/mol.